The minimum absolute atomic E-state index is 0.120. The fourth-order valence-corrected chi connectivity index (χ4v) is 3.65. The molecule has 0 fully saturated rings. The van der Waals surface area contributed by atoms with E-state index in [0.29, 0.717) is 35.2 Å². The van der Waals surface area contributed by atoms with Crippen molar-refractivity contribution in [1.82, 2.24) is 0 Å². The highest BCUT2D eigenvalue weighted by molar-refractivity contribution is 6.03. The summed E-state index contributed by atoms with van der Waals surface area (Å²) in [4.78, 5) is 26.5. The number of hydrogen-bond acceptors (Lipinski definition) is 5. The lowest BCUT2D eigenvalue weighted by molar-refractivity contribution is -0.121. The average Bonchev–Trinajstić information content (AvgIpc) is 2.86. The molecule has 1 heterocycles. The van der Waals surface area contributed by atoms with E-state index in [2.05, 4.69) is 5.32 Å². The first-order valence-electron chi connectivity index (χ1n) is 11.1. The summed E-state index contributed by atoms with van der Waals surface area (Å²) in [5, 5.41) is 2.80. The van der Waals surface area contributed by atoms with Gasteiger partial charge in [0.15, 0.2) is 18.1 Å². The van der Waals surface area contributed by atoms with Gasteiger partial charge in [0, 0.05) is 17.8 Å². The molecule has 0 bridgehead atoms. The van der Waals surface area contributed by atoms with Gasteiger partial charge >= 0.3 is 0 Å². The van der Waals surface area contributed by atoms with Crippen LogP contribution in [0.1, 0.15) is 18.1 Å². The van der Waals surface area contributed by atoms with Crippen molar-refractivity contribution in [2.75, 3.05) is 30.5 Å². The summed E-state index contributed by atoms with van der Waals surface area (Å²) in [6.07, 6.45) is 3.09. The SMILES string of the molecule is CCOc1ccc(/C=C/C(=O)Nc2ccc3c(c2)OCC(=O)N3Cc2ccc(F)cc2)cc1OC. The molecule has 0 saturated heterocycles. The number of carbonyl (C=O) groups excluding carboxylic acids is 2. The lowest BCUT2D eigenvalue weighted by Crippen LogP contribution is -2.38. The Morgan fingerprint density at radius 2 is 1.91 bits per heavy atom. The lowest BCUT2D eigenvalue weighted by atomic mass is 10.1. The number of halogens is 1. The molecule has 0 unspecified atom stereocenters. The van der Waals surface area contributed by atoms with Crippen molar-refractivity contribution in [3.8, 4) is 17.2 Å². The Hall–Kier alpha value is -4.33. The molecule has 3 aromatic rings. The molecule has 4 rings (SSSR count). The zero-order chi connectivity index (χ0) is 24.8. The van der Waals surface area contributed by atoms with Crippen LogP contribution < -0.4 is 24.4 Å². The zero-order valence-electron chi connectivity index (χ0n) is 19.4. The predicted molar refractivity (Wildman–Crippen MR) is 131 cm³/mol. The van der Waals surface area contributed by atoms with Crippen molar-refractivity contribution in [3.63, 3.8) is 0 Å². The van der Waals surface area contributed by atoms with E-state index in [-0.39, 0.29) is 30.8 Å². The van der Waals surface area contributed by atoms with Crippen molar-refractivity contribution in [2.24, 2.45) is 0 Å². The van der Waals surface area contributed by atoms with Crippen molar-refractivity contribution in [1.29, 1.82) is 0 Å². The van der Waals surface area contributed by atoms with Crippen molar-refractivity contribution in [3.05, 3.63) is 83.7 Å². The first kappa shape index (κ1) is 23.8. The smallest absolute Gasteiger partial charge is 0.265 e. The molecule has 8 heteroatoms. The van der Waals surface area contributed by atoms with Gasteiger partial charge in [-0.3, -0.25) is 9.59 Å². The summed E-state index contributed by atoms with van der Waals surface area (Å²) in [7, 11) is 1.56. The van der Waals surface area contributed by atoms with Gasteiger partial charge in [0.25, 0.3) is 5.91 Å². The Bertz CT molecular complexity index is 1260. The highest BCUT2D eigenvalue weighted by atomic mass is 19.1. The number of anilines is 2. The standard InChI is InChI=1S/C27H25FN2O5/c1-3-34-23-12-6-18(14-25(23)33-2)7-13-26(31)29-21-10-11-22-24(15-21)35-17-27(32)30(22)16-19-4-8-20(28)9-5-19/h4-15H,3,16-17H2,1-2H3,(H,29,31)/b13-7+. The molecule has 35 heavy (non-hydrogen) atoms. The average molecular weight is 477 g/mol. The number of hydrogen-bond donors (Lipinski definition) is 1. The maximum Gasteiger partial charge on any atom is 0.265 e. The van der Waals surface area contributed by atoms with E-state index < -0.39 is 0 Å². The van der Waals surface area contributed by atoms with E-state index in [1.54, 1.807) is 60.6 Å². The number of rotatable bonds is 8. The summed E-state index contributed by atoms with van der Waals surface area (Å²) in [5.41, 5.74) is 2.68. The molecule has 7 nitrogen and oxygen atoms in total. The van der Waals surface area contributed by atoms with Crippen molar-refractivity contribution < 1.29 is 28.2 Å². The van der Waals surface area contributed by atoms with E-state index in [1.165, 1.54) is 18.2 Å². The van der Waals surface area contributed by atoms with Crippen LogP contribution in [-0.4, -0.2) is 32.1 Å². The Balaban J connectivity index is 1.45. The predicted octanol–water partition coefficient (Wildman–Crippen LogP) is 4.81. The van der Waals surface area contributed by atoms with E-state index in [1.807, 2.05) is 13.0 Å². The summed E-state index contributed by atoms with van der Waals surface area (Å²) in [6.45, 7) is 2.58. The minimum atomic E-state index is -0.335. The Morgan fingerprint density at radius 3 is 2.66 bits per heavy atom. The Morgan fingerprint density at radius 1 is 1.11 bits per heavy atom. The second kappa shape index (κ2) is 10.7. The molecule has 3 aromatic carbocycles. The molecular weight excluding hydrogens is 451 g/mol. The molecule has 0 spiro atoms. The van der Waals surface area contributed by atoms with Gasteiger partial charge in [-0.15, -0.1) is 0 Å². The van der Waals surface area contributed by atoms with E-state index in [0.717, 1.165) is 11.1 Å². The monoisotopic (exact) mass is 476 g/mol. The minimum Gasteiger partial charge on any atom is -0.493 e. The molecule has 0 saturated carbocycles. The molecule has 0 radical (unpaired) electrons. The van der Waals surface area contributed by atoms with Crippen LogP contribution in [0.15, 0.2) is 66.7 Å². The second-order valence-corrected chi connectivity index (χ2v) is 7.74. The fraction of sp³-hybridized carbons (Fsp3) is 0.185. The molecular formula is C27H25FN2O5. The van der Waals surface area contributed by atoms with Crippen molar-refractivity contribution >= 4 is 29.3 Å². The molecule has 1 aliphatic heterocycles. The van der Waals surface area contributed by atoms with Crippen LogP contribution in [0.5, 0.6) is 17.2 Å². The maximum absolute atomic E-state index is 13.2. The first-order chi connectivity index (χ1) is 17.0. The third-order valence-electron chi connectivity index (χ3n) is 5.34. The van der Waals surface area contributed by atoms with Gasteiger partial charge in [-0.05, 0) is 60.5 Å². The summed E-state index contributed by atoms with van der Waals surface area (Å²) < 4.78 is 29.6. The molecule has 1 N–H and O–H groups in total. The number of nitrogens with zero attached hydrogens (tertiary/aromatic N) is 1. The van der Waals surface area contributed by atoms with Crippen LogP contribution in [-0.2, 0) is 16.1 Å². The van der Waals surface area contributed by atoms with Crippen LogP contribution in [0.25, 0.3) is 6.08 Å². The Labute approximate surface area is 202 Å². The molecule has 0 aliphatic carbocycles. The molecule has 0 aromatic heterocycles. The number of fused-ring (bicyclic) bond motifs is 1. The third-order valence-corrected chi connectivity index (χ3v) is 5.34. The fourth-order valence-electron chi connectivity index (χ4n) is 3.65. The normalized spacial score (nSPS) is 12.8. The molecule has 180 valence electrons. The highest BCUT2D eigenvalue weighted by Crippen LogP contribution is 2.35. The summed E-state index contributed by atoms with van der Waals surface area (Å²) in [5.74, 6) is 0.835. The lowest BCUT2D eigenvalue weighted by Gasteiger charge is -2.29. The number of nitrogens with one attached hydrogen (secondary N) is 1. The third kappa shape index (κ3) is 5.78. The maximum atomic E-state index is 13.2. The van der Waals surface area contributed by atoms with Crippen LogP contribution in [0.3, 0.4) is 0 Å². The second-order valence-electron chi connectivity index (χ2n) is 7.74. The van der Waals surface area contributed by atoms with Crippen LogP contribution >= 0.6 is 0 Å². The number of carbonyl (C=O) groups is 2. The van der Waals surface area contributed by atoms with Crippen LogP contribution in [0, 0.1) is 5.82 Å². The molecule has 0 atom stereocenters. The van der Waals surface area contributed by atoms with Gasteiger partial charge < -0.3 is 24.4 Å². The number of benzene rings is 3. The van der Waals surface area contributed by atoms with Gasteiger partial charge in [-0.25, -0.2) is 4.39 Å². The quantitative estimate of drug-likeness (QED) is 0.472. The first-order valence-corrected chi connectivity index (χ1v) is 11.1. The van der Waals surface area contributed by atoms with Crippen LogP contribution in [0.2, 0.25) is 0 Å². The zero-order valence-corrected chi connectivity index (χ0v) is 19.4. The topological polar surface area (TPSA) is 77.1 Å². The number of methoxy groups -OCH3 is 1. The van der Waals surface area contributed by atoms with Gasteiger partial charge in [0.05, 0.1) is 25.9 Å². The largest absolute Gasteiger partial charge is 0.493 e. The number of amides is 2. The van der Waals surface area contributed by atoms with Crippen molar-refractivity contribution in [2.45, 2.75) is 13.5 Å². The molecule has 1 aliphatic rings. The van der Waals surface area contributed by atoms with Gasteiger partial charge in [-0.2, -0.15) is 0 Å². The van der Waals surface area contributed by atoms with E-state index in [4.69, 9.17) is 14.2 Å². The van der Waals surface area contributed by atoms with E-state index >= 15 is 0 Å². The number of ether oxygens (including phenoxy) is 3. The van der Waals surface area contributed by atoms with Gasteiger partial charge in [-0.1, -0.05) is 18.2 Å². The van der Waals surface area contributed by atoms with Gasteiger partial charge in [0.1, 0.15) is 11.6 Å². The van der Waals surface area contributed by atoms with E-state index in [9.17, 15) is 14.0 Å². The van der Waals surface area contributed by atoms with Gasteiger partial charge in [0.2, 0.25) is 5.91 Å². The van der Waals surface area contributed by atoms with Crippen LogP contribution in [0.4, 0.5) is 15.8 Å². The molecule has 2 amide bonds. The highest BCUT2D eigenvalue weighted by Gasteiger charge is 2.26. The Kier molecular flexibility index (Phi) is 7.30. The summed E-state index contributed by atoms with van der Waals surface area (Å²) in [6, 6.07) is 16.5. The summed E-state index contributed by atoms with van der Waals surface area (Å²) >= 11 is 0.